The number of carbonyl (C=O) groups excluding carboxylic acids is 3. The summed E-state index contributed by atoms with van der Waals surface area (Å²) in [5.74, 6) is -0.571. The summed E-state index contributed by atoms with van der Waals surface area (Å²) in [7, 11) is 0. The quantitative estimate of drug-likeness (QED) is 0.612. The minimum absolute atomic E-state index is 0.213. The van der Waals surface area contributed by atoms with Gasteiger partial charge in [0.2, 0.25) is 5.91 Å². The van der Waals surface area contributed by atoms with E-state index in [-0.39, 0.29) is 17.6 Å². The van der Waals surface area contributed by atoms with Crippen LogP contribution < -0.4 is 10.6 Å². The van der Waals surface area contributed by atoms with E-state index < -0.39 is 5.91 Å². The molecule has 160 valence electrons. The van der Waals surface area contributed by atoms with Crippen molar-refractivity contribution >= 4 is 29.2 Å². The maximum Gasteiger partial charge on any atom is 0.259 e. The highest BCUT2D eigenvalue weighted by molar-refractivity contribution is 6.09. The van der Waals surface area contributed by atoms with Crippen molar-refractivity contribution in [1.29, 1.82) is 0 Å². The highest BCUT2D eigenvalue weighted by Gasteiger charge is 2.24. The first kappa shape index (κ1) is 21.8. The molecule has 0 atom stereocenters. The van der Waals surface area contributed by atoms with E-state index in [2.05, 4.69) is 15.7 Å². The van der Waals surface area contributed by atoms with Crippen molar-refractivity contribution in [1.82, 2.24) is 14.7 Å². The zero-order valence-corrected chi connectivity index (χ0v) is 17.8. The Bertz CT molecular complexity index is 1090. The number of aromatic nitrogens is 2. The molecule has 8 heteroatoms. The molecule has 0 spiro atoms. The molecule has 0 aliphatic rings. The van der Waals surface area contributed by atoms with Crippen molar-refractivity contribution in [2.75, 3.05) is 23.7 Å². The van der Waals surface area contributed by atoms with Crippen LogP contribution in [0.3, 0.4) is 0 Å². The molecule has 0 fully saturated rings. The Balaban J connectivity index is 2.00. The average molecular weight is 419 g/mol. The maximum absolute atomic E-state index is 13.0. The zero-order valence-electron chi connectivity index (χ0n) is 17.8. The first-order valence-corrected chi connectivity index (χ1v) is 10.1. The van der Waals surface area contributed by atoms with E-state index in [1.807, 2.05) is 44.2 Å². The topological polar surface area (TPSA) is 96.3 Å². The second-order valence-electron chi connectivity index (χ2n) is 6.85. The number of benzene rings is 2. The van der Waals surface area contributed by atoms with Gasteiger partial charge in [0.15, 0.2) is 0 Å². The average Bonchev–Trinajstić information content (AvgIpc) is 3.18. The van der Waals surface area contributed by atoms with Gasteiger partial charge in [-0.1, -0.05) is 24.3 Å². The fraction of sp³-hybridized carbons (Fsp3) is 0.217. The Morgan fingerprint density at radius 2 is 1.68 bits per heavy atom. The molecule has 0 saturated heterocycles. The summed E-state index contributed by atoms with van der Waals surface area (Å²) in [5, 5.41) is 9.86. The summed E-state index contributed by atoms with van der Waals surface area (Å²) in [5.41, 5.74) is 1.87. The Morgan fingerprint density at radius 1 is 0.968 bits per heavy atom. The molecule has 3 amide bonds. The van der Waals surface area contributed by atoms with Crippen LogP contribution in [0.1, 0.15) is 41.5 Å². The Morgan fingerprint density at radius 3 is 2.32 bits per heavy atom. The van der Waals surface area contributed by atoms with Gasteiger partial charge in [0.05, 0.1) is 11.9 Å². The molecule has 0 aliphatic carbocycles. The minimum atomic E-state index is -0.418. The highest BCUT2D eigenvalue weighted by Crippen LogP contribution is 2.23. The van der Waals surface area contributed by atoms with Crippen LogP contribution >= 0.6 is 0 Å². The molecule has 2 aromatic carbocycles. The Hall–Kier alpha value is -3.94. The smallest absolute Gasteiger partial charge is 0.259 e. The molecule has 2 N–H and O–H groups in total. The van der Waals surface area contributed by atoms with Crippen molar-refractivity contribution in [3.05, 3.63) is 71.9 Å². The monoisotopic (exact) mass is 419 g/mol. The first-order chi connectivity index (χ1) is 14.9. The van der Waals surface area contributed by atoms with Gasteiger partial charge in [-0.2, -0.15) is 5.10 Å². The van der Waals surface area contributed by atoms with Crippen LogP contribution in [0.4, 0.5) is 11.5 Å². The van der Waals surface area contributed by atoms with Gasteiger partial charge in [0.1, 0.15) is 11.4 Å². The predicted molar refractivity (Wildman–Crippen MR) is 120 cm³/mol. The number of rotatable bonds is 7. The van der Waals surface area contributed by atoms with Gasteiger partial charge in [-0.15, -0.1) is 0 Å². The van der Waals surface area contributed by atoms with Crippen LogP contribution in [0.5, 0.6) is 0 Å². The van der Waals surface area contributed by atoms with E-state index in [0.717, 1.165) is 0 Å². The number of hydrogen-bond acceptors (Lipinski definition) is 4. The van der Waals surface area contributed by atoms with Crippen LogP contribution in [0, 0.1) is 0 Å². The van der Waals surface area contributed by atoms with Gasteiger partial charge in [0.25, 0.3) is 11.8 Å². The third kappa shape index (κ3) is 4.98. The molecule has 0 unspecified atom stereocenters. The number of nitrogens with zero attached hydrogens (tertiary/aromatic N) is 3. The fourth-order valence-electron chi connectivity index (χ4n) is 3.19. The lowest BCUT2D eigenvalue weighted by molar-refractivity contribution is -0.114. The fourth-order valence-corrected chi connectivity index (χ4v) is 3.19. The third-order valence-electron chi connectivity index (χ3n) is 4.73. The van der Waals surface area contributed by atoms with Gasteiger partial charge in [-0.3, -0.25) is 14.4 Å². The number of anilines is 2. The standard InChI is InChI=1S/C23H25N5O3/c1-4-27(5-2)23(31)20-15-24-28(19-12-7-6-8-13-19)21(20)26-22(30)17-10-9-11-18(14-17)25-16(3)29/h6-15H,4-5H2,1-3H3,(H,25,29)(H,26,30). The molecule has 31 heavy (non-hydrogen) atoms. The van der Waals surface area contributed by atoms with Gasteiger partial charge in [-0.25, -0.2) is 4.68 Å². The van der Waals surface area contributed by atoms with E-state index in [9.17, 15) is 14.4 Å². The molecule has 0 saturated carbocycles. The molecule has 3 aromatic rings. The molecule has 3 rings (SSSR count). The van der Waals surface area contributed by atoms with Gasteiger partial charge in [0, 0.05) is 31.3 Å². The van der Waals surface area contributed by atoms with E-state index >= 15 is 0 Å². The minimum Gasteiger partial charge on any atom is -0.339 e. The summed E-state index contributed by atoms with van der Waals surface area (Å²) < 4.78 is 1.53. The number of nitrogens with one attached hydrogen (secondary N) is 2. The molecule has 8 nitrogen and oxygen atoms in total. The highest BCUT2D eigenvalue weighted by atomic mass is 16.2. The lowest BCUT2D eigenvalue weighted by Gasteiger charge is -2.19. The Kier molecular flexibility index (Phi) is 6.81. The van der Waals surface area contributed by atoms with Gasteiger partial charge in [-0.05, 0) is 44.2 Å². The first-order valence-electron chi connectivity index (χ1n) is 10.1. The zero-order chi connectivity index (χ0) is 22.4. The largest absolute Gasteiger partial charge is 0.339 e. The normalized spacial score (nSPS) is 10.4. The molecule has 0 bridgehead atoms. The van der Waals surface area contributed by atoms with Gasteiger partial charge < -0.3 is 15.5 Å². The van der Waals surface area contributed by atoms with Crippen LogP contribution in [-0.2, 0) is 4.79 Å². The number of para-hydroxylation sites is 1. The maximum atomic E-state index is 13.0. The molecular weight excluding hydrogens is 394 g/mol. The van der Waals surface area contributed by atoms with Crippen LogP contribution in [-0.4, -0.2) is 45.5 Å². The summed E-state index contributed by atoms with van der Waals surface area (Å²) >= 11 is 0. The SMILES string of the molecule is CCN(CC)C(=O)c1cnn(-c2ccccc2)c1NC(=O)c1cccc(NC(C)=O)c1. The summed E-state index contributed by atoms with van der Waals surface area (Å²) in [6.07, 6.45) is 1.47. The number of carbonyl (C=O) groups is 3. The van der Waals surface area contributed by atoms with Gasteiger partial charge >= 0.3 is 0 Å². The molecule has 1 aromatic heterocycles. The summed E-state index contributed by atoms with van der Waals surface area (Å²) in [6, 6.07) is 15.8. The Labute approximate surface area is 180 Å². The number of amides is 3. The van der Waals surface area contributed by atoms with Crippen molar-refractivity contribution in [2.24, 2.45) is 0 Å². The van der Waals surface area contributed by atoms with Crippen LogP contribution in [0.25, 0.3) is 5.69 Å². The second kappa shape index (κ2) is 9.71. The molecular formula is C23H25N5O3. The summed E-state index contributed by atoms with van der Waals surface area (Å²) in [6.45, 7) is 6.27. The second-order valence-corrected chi connectivity index (χ2v) is 6.85. The van der Waals surface area contributed by atoms with Crippen molar-refractivity contribution in [3.8, 4) is 5.69 Å². The molecule has 0 radical (unpaired) electrons. The van der Waals surface area contributed by atoms with E-state index in [0.29, 0.717) is 35.6 Å². The van der Waals surface area contributed by atoms with Crippen LogP contribution in [0.2, 0.25) is 0 Å². The molecule has 1 heterocycles. The van der Waals surface area contributed by atoms with Crippen molar-refractivity contribution in [2.45, 2.75) is 20.8 Å². The lowest BCUT2D eigenvalue weighted by Crippen LogP contribution is -2.31. The molecule has 0 aliphatic heterocycles. The lowest BCUT2D eigenvalue weighted by atomic mass is 10.1. The van der Waals surface area contributed by atoms with E-state index in [1.54, 1.807) is 29.2 Å². The van der Waals surface area contributed by atoms with Crippen LogP contribution in [0.15, 0.2) is 60.8 Å². The summed E-state index contributed by atoms with van der Waals surface area (Å²) in [4.78, 5) is 39.1. The van der Waals surface area contributed by atoms with E-state index in [4.69, 9.17) is 0 Å². The predicted octanol–water partition coefficient (Wildman–Crippen LogP) is 3.57. The van der Waals surface area contributed by atoms with Crippen molar-refractivity contribution < 1.29 is 14.4 Å². The van der Waals surface area contributed by atoms with Crippen molar-refractivity contribution in [3.63, 3.8) is 0 Å². The van der Waals surface area contributed by atoms with E-state index in [1.165, 1.54) is 17.8 Å². The third-order valence-corrected chi connectivity index (χ3v) is 4.73. The number of hydrogen-bond donors (Lipinski definition) is 2.